The molecule has 0 aliphatic carbocycles. The van der Waals surface area contributed by atoms with Gasteiger partial charge in [0.25, 0.3) is 0 Å². The van der Waals surface area contributed by atoms with E-state index >= 15 is 0 Å². The van der Waals surface area contributed by atoms with Gasteiger partial charge in [0.2, 0.25) is 0 Å². The number of ether oxygens (including phenoxy) is 1. The van der Waals surface area contributed by atoms with Gasteiger partial charge in [-0.3, -0.25) is 0 Å². The van der Waals surface area contributed by atoms with Gasteiger partial charge in [-0.15, -0.1) is 0 Å². The van der Waals surface area contributed by atoms with Gasteiger partial charge >= 0.3 is 0 Å². The van der Waals surface area contributed by atoms with Crippen LogP contribution in [0.15, 0.2) is 0 Å². The second-order valence-electron chi connectivity index (χ2n) is 3.44. The van der Waals surface area contributed by atoms with Crippen molar-refractivity contribution in [1.29, 1.82) is 5.26 Å². The first kappa shape index (κ1) is 11.8. The Bertz CT molecular complexity index is 187. The fraction of sp³-hybridized carbons (Fsp3) is 0.900. The van der Waals surface area contributed by atoms with E-state index < -0.39 is 0 Å². The smallest absolute Gasteiger partial charge is 0.0958 e. The quantitative estimate of drug-likeness (QED) is 0.751. The first-order chi connectivity index (χ1) is 6.86. The molecule has 1 N–H and O–H groups in total. The highest BCUT2D eigenvalue weighted by Gasteiger charge is 2.14. The van der Waals surface area contributed by atoms with Crippen molar-refractivity contribution in [2.75, 3.05) is 26.0 Å². The van der Waals surface area contributed by atoms with Gasteiger partial charge < -0.3 is 10.1 Å². The first-order valence-corrected chi connectivity index (χ1v) is 6.18. The van der Waals surface area contributed by atoms with E-state index in [4.69, 9.17) is 10.00 Å². The third kappa shape index (κ3) is 4.32. The van der Waals surface area contributed by atoms with Crippen molar-refractivity contribution in [3.63, 3.8) is 0 Å². The Labute approximate surface area is 90.2 Å². The Hall–Kier alpha value is -0.240. The third-order valence-corrected chi connectivity index (χ3v) is 3.85. The van der Waals surface area contributed by atoms with Crippen molar-refractivity contribution in [2.24, 2.45) is 0 Å². The van der Waals surface area contributed by atoms with E-state index in [0.29, 0.717) is 0 Å². The maximum Gasteiger partial charge on any atom is 0.0958 e. The molecule has 0 aromatic carbocycles. The number of hydrogen-bond donors (Lipinski definition) is 1. The lowest BCUT2D eigenvalue weighted by Gasteiger charge is -2.21. The van der Waals surface area contributed by atoms with Crippen LogP contribution >= 0.6 is 11.8 Å². The molecule has 1 atom stereocenters. The Morgan fingerprint density at radius 2 is 2.29 bits per heavy atom. The van der Waals surface area contributed by atoms with Gasteiger partial charge in [0.05, 0.1) is 12.1 Å². The van der Waals surface area contributed by atoms with Gasteiger partial charge in [-0.25, -0.2) is 0 Å². The summed E-state index contributed by atoms with van der Waals surface area (Å²) in [5.74, 6) is 1.07. The minimum Gasteiger partial charge on any atom is -0.381 e. The van der Waals surface area contributed by atoms with E-state index in [0.717, 1.165) is 30.6 Å². The lowest BCUT2D eigenvalue weighted by Crippen LogP contribution is -2.24. The fourth-order valence-electron chi connectivity index (χ4n) is 1.47. The molecule has 4 heteroatoms. The predicted octanol–water partition coefficient (Wildman–Crippen LogP) is 1.40. The van der Waals surface area contributed by atoms with Gasteiger partial charge in [-0.05, 0) is 32.1 Å². The van der Waals surface area contributed by atoms with E-state index in [2.05, 4.69) is 11.4 Å². The summed E-state index contributed by atoms with van der Waals surface area (Å²) in [6, 6.07) is 2.26. The molecule has 1 aliphatic heterocycles. The largest absolute Gasteiger partial charge is 0.381 e. The average molecular weight is 214 g/mol. The highest BCUT2D eigenvalue weighted by molar-refractivity contribution is 7.99. The average Bonchev–Trinajstić information content (AvgIpc) is 2.26. The van der Waals surface area contributed by atoms with E-state index in [1.54, 1.807) is 0 Å². The zero-order valence-electron chi connectivity index (χ0n) is 8.66. The summed E-state index contributed by atoms with van der Waals surface area (Å²) in [6.07, 6.45) is 3.28. The zero-order chi connectivity index (χ0) is 10.2. The highest BCUT2D eigenvalue weighted by atomic mass is 32.2. The van der Waals surface area contributed by atoms with E-state index in [1.807, 2.05) is 18.8 Å². The second-order valence-corrected chi connectivity index (χ2v) is 4.85. The fourth-order valence-corrected chi connectivity index (χ4v) is 2.70. The van der Waals surface area contributed by atoms with E-state index in [1.165, 1.54) is 12.8 Å². The zero-order valence-corrected chi connectivity index (χ0v) is 9.48. The molecule has 80 valence electrons. The number of hydrogen-bond acceptors (Lipinski definition) is 4. The molecule has 3 nitrogen and oxygen atoms in total. The minimum absolute atomic E-state index is 0.0161. The Morgan fingerprint density at radius 1 is 1.57 bits per heavy atom. The summed E-state index contributed by atoms with van der Waals surface area (Å²) < 4.78 is 5.29. The number of rotatable bonds is 5. The van der Waals surface area contributed by atoms with Crippen LogP contribution in [0, 0.1) is 11.3 Å². The molecule has 1 unspecified atom stereocenters. The SMILES string of the molecule is CNC(C#N)CCSC1CCOCC1. The normalized spacial score (nSPS) is 20.3. The molecule has 0 saturated carbocycles. The van der Waals surface area contributed by atoms with Crippen molar-refractivity contribution in [3.8, 4) is 6.07 Å². The van der Waals surface area contributed by atoms with Crippen LogP contribution in [0.25, 0.3) is 0 Å². The van der Waals surface area contributed by atoms with Gasteiger partial charge in [0.1, 0.15) is 0 Å². The summed E-state index contributed by atoms with van der Waals surface area (Å²) >= 11 is 1.99. The third-order valence-electron chi connectivity index (χ3n) is 2.43. The van der Waals surface area contributed by atoms with Crippen LogP contribution in [0.2, 0.25) is 0 Å². The minimum atomic E-state index is 0.0161. The number of thioether (sulfide) groups is 1. The van der Waals surface area contributed by atoms with Crippen LogP contribution in [0.3, 0.4) is 0 Å². The Morgan fingerprint density at radius 3 is 2.86 bits per heavy atom. The monoisotopic (exact) mass is 214 g/mol. The topological polar surface area (TPSA) is 45.0 Å². The second kappa shape index (κ2) is 7.10. The van der Waals surface area contributed by atoms with Crippen LogP contribution in [0.4, 0.5) is 0 Å². The molecule has 0 spiro atoms. The van der Waals surface area contributed by atoms with Gasteiger partial charge in [0.15, 0.2) is 0 Å². The molecule has 1 rings (SSSR count). The van der Waals surface area contributed by atoms with Crippen molar-refractivity contribution in [2.45, 2.75) is 30.6 Å². The van der Waals surface area contributed by atoms with Gasteiger partial charge in [0, 0.05) is 18.5 Å². The van der Waals surface area contributed by atoms with Crippen molar-refractivity contribution in [3.05, 3.63) is 0 Å². The van der Waals surface area contributed by atoms with Crippen LogP contribution < -0.4 is 5.32 Å². The number of nitrogens with zero attached hydrogens (tertiary/aromatic N) is 1. The molecule has 14 heavy (non-hydrogen) atoms. The molecule has 0 radical (unpaired) electrons. The van der Waals surface area contributed by atoms with Crippen LogP contribution in [-0.2, 0) is 4.74 Å². The molecule has 0 aromatic rings. The predicted molar refractivity (Wildman–Crippen MR) is 59.4 cm³/mol. The lowest BCUT2D eigenvalue weighted by atomic mass is 10.2. The molecule has 0 bridgehead atoms. The summed E-state index contributed by atoms with van der Waals surface area (Å²) in [4.78, 5) is 0. The van der Waals surface area contributed by atoms with Crippen LogP contribution in [0.5, 0.6) is 0 Å². The summed E-state index contributed by atoms with van der Waals surface area (Å²) in [5.41, 5.74) is 0. The maximum atomic E-state index is 8.72. The van der Waals surface area contributed by atoms with Gasteiger partial charge in [-0.2, -0.15) is 17.0 Å². The molecule has 0 amide bonds. The molecular weight excluding hydrogens is 196 g/mol. The van der Waals surface area contributed by atoms with Gasteiger partial charge in [-0.1, -0.05) is 0 Å². The summed E-state index contributed by atoms with van der Waals surface area (Å²) in [6.45, 7) is 1.82. The number of nitriles is 1. The highest BCUT2D eigenvalue weighted by Crippen LogP contribution is 2.22. The van der Waals surface area contributed by atoms with Crippen LogP contribution in [0.1, 0.15) is 19.3 Å². The summed E-state index contributed by atoms with van der Waals surface area (Å²) in [5, 5.41) is 12.5. The Balaban J connectivity index is 2.05. The molecule has 0 aromatic heterocycles. The first-order valence-electron chi connectivity index (χ1n) is 5.13. The van der Waals surface area contributed by atoms with Crippen molar-refractivity contribution >= 4 is 11.8 Å². The number of nitrogens with one attached hydrogen (secondary N) is 1. The standard InChI is InChI=1S/C10H18N2OS/c1-12-9(8-11)4-7-14-10-2-5-13-6-3-10/h9-10,12H,2-7H2,1H3. The van der Waals surface area contributed by atoms with E-state index in [-0.39, 0.29) is 6.04 Å². The van der Waals surface area contributed by atoms with E-state index in [9.17, 15) is 0 Å². The molecule has 1 saturated heterocycles. The molecule has 1 fully saturated rings. The Kier molecular flexibility index (Phi) is 6.00. The lowest BCUT2D eigenvalue weighted by molar-refractivity contribution is 0.100. The summed E-state index contributed by atoms with van der Waals surface area (Å²) in [7, 11) is 1.84. The van der Waals surface area contributed by atoms with Crippen molar-refractivity contribution < 1.29 is 4.74 Å². The molecular formula is C10H18N2OS. The van der Waals surface area contributed by atoms with Crippen molar-refractivity contribution in [1.82, 2.24) is 5.32 Å². The maximum absolute atomic E-state index is 8.72. The molecule has 1 aliphatic rings. The van der Waals surface area contributed by atoms with Crippen LogP contribution in [-0.4, -0.2) is 37.3 Å². The molecule has 1 heterocycles.